The summed E-state index contributed by atoms with van der Waals surface area (Å²) < 4.78 is 11.6. The van der Waals surface area contributed by atoms with E-state index in [1.807, 2.05) is 0 Å². The highest BCUT2D eigenvalue weighted by Gasteiger charge is 2.46. The lowest BCUT2D eigenvalue weighted by molar-refractivity contribution is -0.164. The predicted octanol–water partition coefficient (Wildman–Crippen LogP) is 1.38. The molecule has 3 fully saturated rings. The van der Waals surface area contributed by atoms with Crippen molar-refractivity contribution in [1.82, 2.24) is 0 Å². The lowest BCUT2D eigenvalue weighted by atomic mass is 9.84. The predicted molar refractivity (Wildman–Crippen MR) is 67.8 cm³/mol. The molecule has 3 rings (SSSR count). The van der Waals surface area contributed by atoms with Crippen molar-refractivity contribution in [3.8, 4) is 0 Å². The van der Waals surface area contributed by atoms with Gasteiger partial charge in [-0.05, 0) is 37.5 Å². The van der Waals surface area contributed by atoms with E-state index >= 15 is 0 Å². The van der Waals surface area contributed by atoms with Gasteiger partial charge in [0.1, 0.15) is 0 Å². The van der Waals surface area contributed by atoms with Crippen LogP contribution in [0.5, 0.6) is 0 Å². The molecule has 0 aromatic heterocycles. The van der Waals surface area contributed by atoms with Gasteiger partial charge in [-0.2, -0.15) is 0 Å². The fourth-order valence-electron chi connectivity index (χ4n) is 3.78. The van der Waals surface area contributed by atoms with Crippen LogP contribution in [0.1, 0.15) is 32.6 Å². The summed E-state index contributed by atoms with van der Waals surface area (Å²) in [5.74, 6) is 1.93. The number of ether oxygens (including phenoxy) is 2. The Hall–Kier alpha value is 0.137. The van der Waals surface area contributed by atoms with Gasteiger partial charge >= 0.3 is 0 Å². The average molecular weight is 240 g/mol. The molecule has 0 N–H and O–H groups in total. The average Bonchev–Trinajstić information content (AvgIpc) is 2.75. The lowest BCUT2D eigenvalue weighted by Gasteiger charge is -2.41. The molecule has 2 bridgehead atoms. The van der Waals surface area contributed by atoms with Crippen molar-refractivity contribution in [2.75, 3.05) is 19.8 Å². The van der Waals surface area contributed by atoms with Gasteiger partial charge in [-0.3, -0.25) is 0 Å². The molecule has 0 aromatic carbocycles. The molecule has 0 aromatic rings. The molecule has 3 aliphatic rings. The number of hydrogen-bond acceptors (Lipinski definition) is 2. The molecule has 0 radical (unpaired) electrons. The Morgan fingerprint density at radius 3 is 2.50 bits per heavy atom. The van der Waals surface area contributed by atoms with Gasteiger partial charge in [0.2, 0.25) is 0 Å². The Labute approximate surface area is 101 Å². The maximum absolute atomic E-state index is 6.22. The van der Waals surface area contributed by atoms with Crippen molar-refractivity contribution in [3.05, 3.63) is 0 Å². The third-order valence-electron chi connectivity index (χ3n) is 5.32. The van der Waals surface area contributed by atoms with Crippen LogP contribution in [-0.4, -0.2) is 36.2 Å². The zero-order chi connectivity index (χ0) is 11.2. The van der Waals surface area contributed by atoms with E-state index in [0.29, 0.717) is 11.5 Å². The van der Waals surface area contributed by atoms with Gasteiger partial charge in [0.25, 0.3) is 0 Å². The first kappa shape index (κ1) is 11.2. The molecule has 0 amide bonds. The Balaban J connectivity index is 1.50. The van der Waals surface area contributed by atoms with Crippen molar-refractivity contribution in [2.24, 2.45) is 17.3 Å². The summed E-state index contributed by atoms with van der Waals surface area (Å²) in [6.07, 6.45) is 6.10. The molecule has 2 nitrogen and oxygen atoms in total. The van der Waals surface area contributed by atoms with E-state index in [4.69, 9.17) is 9.47 Å². The minimum atomic E-state index is 0.377. The fourth-order valence-corrected chi connectivity index (χ4v) is 4.93. The largest absolute Gasteiger partial charge is 0.380 e. The van der Waals surface area contributed by atoms with E-state index in [2.05, 4.69) is 6.92 Å². The second-order valence-electron chi connectivity index (χ2n) is 6.40. The fraction of sp³-hybridized carbons (Fsp3) is 1.00. The number of rotatable bonds is 4. The summed E-state index contributed by atoms with van der Waals surface area (Å²) in [5, 5.41) is 0. The van der Waals surface area contributed by atoms with Crippen molar-refractivity contribution in [2.45, 2.75) is 44.3 Å². The molecule has 4 atom stereocenters. The lowest BCUT2D eigenvalue weighted by Crippen LogP contribution is -2.46. The molecule has 0 spiro atoms. The molecule has 92 valence electrons. The quantitative estimate of drug-likeness (QED) is 0.691. The van der Waals surface area contributed by atoms with E-state index in [1.54, 1.807) is 0 Å². The monoisotopic (exact) mass is 240 g/mol. The van der Waals surface area contributed by atoms with Crippen molar-refractivity contribution >= 4 is 10.2 Å². The maximum atomic E-state index is 6.22. The maximum Gasteiger partial charge on any atom is 0.0606 e. The third-order valence-corrected chi connectivity index (χ3v) is 6.73. The van der Waals surface area contributed by atoms with Gasteiger partial charge in [0.05, 0.1) is 25.9 Å². The van der Waals surface area contributed by atoms with Crippen LogP contribution in [0.25, 0.3) is 0 Å². The van der Waals surface area contributed by atoms with Crippen LogP contribution in [-0.2, 0) is 9.47 Å². The topological polar surface area (TPSA) is 18.5 Å². The van der Waals surface area contributed by atoms with Gasteiger partial charge in [0.15, 0.2) is 0 Å². The van der Waals surface area contributed by atoms with Crippen molar-refractivity contribution in [1.29, 1.82) is 0 Å². The SMILES string of the molecule is CCC1(COC2CC3CC2CC3[SiH3])COC1. The van der Waals surface area contributed by atoms with Gasteiger partial charge in [0, 0.05) is 15.7 Å². The van der Waals surface area contributed by atoms with Gasteiger partial charge in [-0.15, -0.1) is 0 Å². The summed E-state index contributed by atoms with van der Waals surface area (Å²) >= 11 is 0. The molecule has 16 heavy (non-hydrogen) atoms. The highest BCUT2D eigenvalue weighted by atomic mass is 28.1. The van der Waals surface area contributed by atoms with Crippen LogP contribution >= 0.6 is 0 Å². The molecule has 1 heterocycles. The van der Waals surface area contributed by atoms with Crippen LogP contribution in [0.4, 0.5) is 0 Å². The third kappa shape index (κ3) is 1.77. The number of hydrogen-bond donors (Lipinski definition) is 0. The summed E-state index contributed by atoms with van der Waals surface area (Å²) in [6.45, 7) is 5.06. The first-order chi connectivity index (χ1) is 7.72. The first-order valence-electron chi connectivity index (χ1n) is 6.92. The molecular weight excluding hydrogens is 216 g/mol. The normalized spacial score (nSPS) is 44.8. The minimum absolute atomic E-state index is 0.377. The Morgan fingerprint density at radius 2 is 2.06 bits per heavy atom. The summed E-state index contributed by atoms with van der Waals surface area (Å²) in [7, 11) is 1.40. The van der Waals surface area contributed by atoms with E-state index in [-0.39, 0.29) is 0 Å². The van der Waals surface area contributed by atoms with Gasteiger partial charge in [-0.1, -0.05) is 12.5 Å². The summed E-state index contributed by atoms with van der Waals surface area (Å²) in [5.41, 5.74) is 1.47. The highest BCUT2D eigenvalue weighted by molar-refractivity contribution is 6.12. The van der Waals surface area contributed by atoms with E-state index < -0.39 is 0 Å². The molecular formula is C13H24O2Si. The molecule has 2 aliphatic carbocycles. The standard InChI is InChI=1S/C13H24O2Si/c1-2-13(6-14-7-13)8-15-11-4-10-3-9(11)5-12(10)16/h9-12H,2-8H2,1,16H3. The second kappa shape index (κ2) is 4.11. The first-order valence-corrected chi connectivity index (χ1v) is 8.07. The molecule has 1 aliphatic heterocycles. The van der Waals surface area contributed by atoms with Gasteiger partial charge in [-0.25, -0.2) is 0 Å². The molecule has 4 unspecified atom stereocenters. The Bertz CT molecular complexity index is 257. The van der Waals surface area contributed by atoms with Gasteiger partial charge < -0.3 is 9.47 Å². The van der Waals surface area contributed by atoms with E-state index in [1.165, 1.54) is 35.9 Å². The second-order valence-corrected chi connectivity index (χ2v) is 7.88. The smallest absolute Gasteiger partial charge is 0.0606 e. The van der Waals surface area contributed by atoms with Crippen molar-refractivity contribution in [3.63, 3.8) is 0 Å². The van der Waals surface area contributed by atoms with Crippen LogP contribution in [0, 0.1) is 17.3 Å². The molecule has 1 saturated heterocycles. The molecule has 2 saturated carbocycles. The van der Waals surface area contributed by atoms with E-state index in [9.17, 15) is 0 Å². The molecule has 3 heteroatoms. The summed E-state index contributed by atoms with van der Waals surface area (Å²) in [4.78, 5) is 0. The van der Waals surface area contributed by atoms with Crippen LogP contribution in [0.2, 0.25) is 5.54 Å². The zero-order valence-electron chi connectivity index (χ0n) is 10.6. The minimum Gasteiger partial charge on any atom is -0.380 e. The van der Waals surface area contributed by atoms with Crippen LogP contribution in [0.15, 0.2) is 0 Å². The Morgan fingerprint density at radius 1 is 1.25 bits per heavy atom. The highest BCUT2D eigenvalue weighted by Crippen LogP contribution is 2.51. The van der Waals surface area contributed by atoms with E-state index in [0.717, 1.165) is 37.2 Å². The van der Waals surface area contributed by atoms with Crippen LogP contribution in [0.3, 0.4) is 0 Å². The van der Waals surface area contributed by atoms with Crippen LogP contribution < -0.4 is 0 Å². The number of fused-ring (bicyclic) bond motifs is 2. The summed E-state index contributed by atoms with van der Waals surface area (Å²) in [6, 6.07) is 0. The zero-order valence-corrected chi connectivity index (χ0v) is 12.6. The Kier molecular flexibility index (Phi) is 2.89. The van der Waals surface area contributed by atoms with Crippen molar-refractivity contribution < 1.29 is 9.47 Å².